The van der Waals surface area contributed by atoms with Crippen molar-refractivity contribution in [3.63, 3.8) is 0 Å². The highest BCUT2D eigenvalue weighted by Crippen LogP contribution is 2.35. The van der Waals surface area contributed by atoms with Gasteiger partial charge in [0.1, 0.15) is 5.75 Å². The Morgan fingerprint density at radius 2 is 1.66 bits per heavy atom. The second-order valence-electron chi connectivity index (χ2n) is 7.82. The Balaban J connectivity index is 1.14. The monoisotopic (exact) mass is 487 g/mol. The molecule has 0 bridgehead atoms. The van der Waals surface area contributed by atoms with Crippen LogP contribution in [-0.2, 0) is 0 Å². The molecule has 3 aromatic rings. The fourth-order valence-corrected chi connectivity index (χ4v) is 3.78. The molecule has 0 saturated carbocycles. The van der Waals surface area contributed by atoms with Gasteiger partial charge in [-0.15, -0.1) is 23.4 Å². The number of halogens is 3. The van der Waals surface area contributed by atoms with Crippen LogP contribution in [0.1, 0.15) is 0 Å². The first-order valence-corrected chi connectivity index (χ1v) is 10.7. The third kappa shape index (κ3) is 5.31. The summed E-state index contributed by atoms with van der Waals surface area (Å²) in [4.78, 5) is 16.2. The van der Waals surface area contributed by atoms with E-state index in [1.165, 1.54) is 12.1 Å². The van der Waals surface area contributed by atoms with E-state index in [4.69, 9.17) is 9.47 Å². The Morgan fingerprint density at radius 3 is 2.34 bits per heavy atom. The SMILES string of the molecule is O=C(Nc1ccc(OC(F)(F)F)cc1)N1CCN(c2ccc(-c3ccc4c(c3)OCO4)nn2)CC1. The third-order valence-electron chi connectivity index (χ3n) is 5.55. The van der Waals surface area contributed by atoms with Crippen molar-refractivity contribution in [2.45, 2.75) is 6.36 Å². The molecular weight excluding hydrogens is 467 g/mol. The number of carbonyl (C=O) groups excluding carboxylic acids is 1. The summed E-state index contributed by atoms with van der Waals surface area (Å²) >= 11 is 0. The number of rotatable bonds is 4. The molecule has 9 nitrogen and oxygen atoms in total. The largest absolute Gasteiger partial charge is 0.573 e. The van der Waals surface area contributed by atoms with E-state index in [1.807, 2.05) is 35.2 Å². The van der Waals surface area contributed by atoms with Crippen LogP contribution in [0.2, 0.25) is 0 Å². The zero-order valence-corrected chi connectivity index (χ0v) is 18.3. The van der Waals surface area contributed by atoms with Crippen LogP contribution in [0.5, 0.6) is 17.2 Å². The predicted octanol–water partition coefficient (Wildman–Crippen LogP) is 4.13. The van der Waals surface area contributed by atoms with Gasteiger partial charge in [-0.3, -0.25) is 0 Å². The maximum absolute atomic E-state index is 12.5. The van der Waals surface area contributed by atoms with E-state index in [1.54, 1.807) is 4.90 Å². The van der Waals surface area contributed by atoms with Crippen LogP contribution < -0.4 is 24.4 Å². The number of ether oxygens (including phenoxy) is 3. The fourth-order valence-electron chi connectivity index (χ4n) is 3.78. The number of hydrogen-bond donors (Lipinski definition) is 1. The highest BCUT2D eigenvalue weighted by Gasteiger charge is 2.31. The molecule has 2 aromatic carbocycles. The molecule has 0 radical (unpaired) electrons. The first-order valence-electron chi connectivity index (χ1n) is 10.7. The van der Waals surface area contributed by atoms with Gasteiger partial charge < -0.3 is 29.3 Å². The number of benzene rings is 2. The van der Waals surface area contributed by atoms with Crippen molar-refractivity contribution in [1.82, 2.24) is 15.1 Å². The smallest absolute Gasteiger partial charge is 0.454 e. The molecule has 0 spiro atoms. The minimum Gasteiger partial charge on any atom is -0.454 e. The van der Waals surface area contributed by atoms with Gasteiger partial charge >= 0.3 is 12.4 Å². The molecule has 2 aliphatic rings. The topological polar surface area (TPSA) is 89.1 Å². The summed E-state index contributed by atoms with van der Waals surface area (Å²) in [6.07, 6.45) is -4.76. The number of nitrogens with one attached hydrogen (secondary N) is 1. The number of hydrogen-bond acceptors (Lipinski definition) is 7. The molecule has 0 atom stereocenters. The second-order valence-corrected chi connectivity index (χ2v) is 7.82. The van der Waals surface area contributed by atoms with Crippen LogP contribution in [0.3, 0.4) is 0 Å². The van der Waals surface area contributed by atoms with Crippen LogP contribution in [0.4, 0.5) is 29.5 Å². The van der Waals surface area contributed by atoms with Crippen molar-refractivity contribution in [2.24, 2.45) is 0 Å². The molecule has 5 rings (SSSR count). The van der Waals surface area contributed by atoms with Gasteiger partial charge in [0.15, 0.2) is 17.3 Å². The predicted molar refractivity (Wildman–Crippen MR) is 120 cm³/mol. The number of amides is 2. The van der Waals surface area contributed by atoms with Gasteiger partial charge in [-0.25, -0.2) is 4.79 Å². The Bertz CT molecular complexity index is 1200. The summed E-state index contributed by atoms with van der Waals surface area (Å²) in [6.45, 7) is 2.23. The molecule has 1 fully saturated rings. The number of fused-ring (bicyclic) bond motifs is 1. The van der Waals surface area contributed by atoms with Gasteiger partial charge in [0.05, 0.1) is 5.69 Å². The van der Waals surface area contributed by atoms with E-state index in [0.717, 1.165) is 17.7 Å². The van der Waals surface area contributed by atoms with Gasteiger partial charge in [-0.1, -0.05) is 0 Å². The van der Waals surface area contributed by atoms with Gasteiger partial charge in [0, 0.05) is 37.4 Å². The normalized spacial score (nSPS) is 15.2. The van der Waals surface area contributed by atoms with Crippen LogP contribution in [-0.4, -0.2) is 60.5 Å². The molecule has 182 valence electrons. The second kappa shape index (κ2) is 9.20. The van der Waals surface area contributed by atoms with E-state index in [2.05, 4.69) is 20.3 Å². The van der Waals surface area contributed by atoms with Gasteiger partial charge in [0.25, 0.3) is 0 Å². The molecule has 2 aliphatic heterocycles. The zero-order chi connectivity index (χ0) is 24.4. The molecule has 1 aromatic heterocycles. The maximum Gasteiger partial charge on any atom is 0.573 e. The number of urea groups is 1. The minimum absolute atomic E-state index is 0.205. The quantitative estimate of drug-likeness (QED) is 0.592. The van der Waals surface area contributed by atoms with E-state index in [0.29, 0.717) is 54.9 Å². The molecule has 12 heteroatoms. The van der Waals surface area contributed by atoms with Crippen molar-refractivity contribution in [2.75, 3.05) is 43.2 Å². The first kappa shape index (κ1) is 22.6. The standard InChI is InChI=1S/C23H20F3N5O4/c24-23(25,26)35-17-4-2-16(3-5-17)27-22(32)31-11-9-30(10-12-31)21-8-6-18(28-29-21)15-1-7-19-20(13-15)34-14-33-19/h1-8,13H,9-12,14H2,(H,27,32). The average molecular weight is 487 g/mol. The van der Waals surface area contributed by atoms with Gasteiger partial charge in [-0.05, 0) is 54.6 Å². The van der Waals surface area contributed by atoms with Crippen LogP contribution >= 0.6 is 0 Å². The van der Waals surface area contributed by atoms with Crippen molar-refractivity contribution in [3.8, 4) is 28.5 Å². The number of carbonyl (C=O) groups is 1. The average Bonchev–Trinajstić information content (AvgIpc) is 3.33. The van der Waals surface area contributed by atoms with Crippen LogP contribution in [0.15, 0.2) is 54.6 Å². The zero-order valence-electron chi connectivity index (χ0n) is 18.3. The lowest BCUT2D eigenvalue weighted by Gasteiger charge is -2.35. The number of aromatic nitrogens is 2. The van der Waals surface area contributed by atoms with Crippen LogP contribution in [0, 0.1) is 0 Å². The van der Waals surface area contributed by atoms with Crippen molar-refractivity contribution in [1.29, 1.82) is 0 Å². The van der Waals surface area contributed by atoms with E-state index in [-0.39, 0.29) is 18.6 Å². The summed E-state index contributed by atoms with van der Waals surface area (Å²) in [7, 11) is 0. The Labute approximate surface area is 198 Å². The van der Waals surface area contributed by atoms with E-state index < -0.39 is 6.36 Å². The minimum atomic E-state index is -4.76. The van der Waals surface area contributed by atoms with Crippen LogP contribution in [0.25, 0.3) is 11.3 Å². The lowest BCUT2D eigenvalue weighted by Crippen LogP contribution is -2.50. The molecule has 1 N–H and O–H groups in total. The van der Waals surface area contributed by atoms with Crippen molar-refractivity contribution >= 4 is 17.5 Å². The molecule has 35 heavy (non-hydrogen) atoms. The molecule has 2 amide bonds. The number of piperazine rings is 1. The summed E-state index contributed by atoms with van der Waals surface area (Å²) < 4.78 is 51.4. The lowest BCUT2D eigenvalue weighted by atomic mass is 10.1. The highest BCUT2D eigenvalue weighted by molar-refractivity contribution is 5.89. The number of anilines is 2. The molecular formula is C23H20F3N5O4. The van der Waals surface area contributed by atoms with Crippen molar-refractivity contribution in [3.05, 3.63) is 54.6 Å². The summed E-state index contributed by atoms with van der Waals surface area (Å²) in [5, 5.41) is 11.3. The Morgan fingerprint density at radius 1 is 0.914 bits per heavy atom. The van der Waals surface area contributed by atoms with E-state index >= 15 is 0 Å². The van der Waals surface area contributed by atoms with Gasteiger partial charge in [0.2, 0.25) is 6.79 Å². The summed E-state index contributed by atoms with van der Waals surface area (Å²) in [6, 6.07) is 14.0. The fraction of sp³-hybridized carbons (Fsp3) is 0.261. The van der Waals surface area contributed by atoms with E-state index in [9.17, 15) is 18.0 Å². The summed E-state index contributed by atoms with van der Waals surface area (Å²) in [5.74, 6) is 1.73. The Hall–Kier alpha value is -4.22. The molecule has 1 saturated heterocycles. The molecule has 0 aliphatic carbocycles. The number of alkyl halides is 3. The summed E-state index contributed by atoms with van der Waals surface area (Å²) in [5.41, 5.74) is 1.95. The third-order valence-corrected chi connectivity index (χ3v) is 5.55. The number of nitrogens with zero attached hydrogens (tertiary/aromatic N) is 4. The van der Waals surface area contributed by atoms with Gasteiger partial charge in [-0.2, -0.15) is 0 Å². The Kier molecular flexibility index (Phi) is 5.93. The first-order chi connectivity index (χ1) is 16.8. The highest BCUT2D eigenvalue weighted by atomic mass is 19.4. The molecule has 3 heterocycles. The lowest BCUT2D eigenvalue weighted by molar-refractivity contribution is -0.274. The van der Waals surface area contributed by atoms with Crippen molar-refractivity contribution < 1.29 is 32.2 Å². The maximum atomic E-state index is 12.5. The molecule has 0 unspecified atom stereocenters.